The molecular weight excluding hydrogens is 504 g/mol. The molecule has 0 aliphatic carbocycles. The van der Waals surface area contributed by atoms with Gasteiger partial charge >= 0.3 is 0 Å². The zero-order valence-corrected chi connectivity index (χ0v) is 20.2. The molecule has 0 aromatic heterocycles. The third kappa shape index (κ3) is 3.87. The van der Waals surface area contributed by atoms with Gasteiger partial charge in [-0.1, -0.05) is 6.07 Å². The van der Waals surface area contributed by atoms with E-state index in [1.54, 1.807) is 12.1 Å². The summed E-state index contributed by atoms with van der Waals surface area (Å²) in [6, 6.07) is 9.20. The van der Waals surface area contributed by atoms with Gasteiger partial charge in [-0.2, -0.15) is 0 Å². The van der Waals surface area contributed by atoms with Crippen molar-refractivity contribution in [3.63, 3.8) is 0 Å². The van der Waals surface area contributed by atoms with E-state index >= 15 is 0 Å². The molecule has 3 saturated heterocycles. The molecule has 5 unspecified atom stereocenters. The van der Waals surface area contributed by atoms with Gasteiger partial charge in [0.25, 0.3) is 0 Å². The summed E-state index contributed by atoms with van der Waals surface area (Å²) in [7, 11) is 0. The highest BCUT2D eigenvalue weighted by atomic mass is 16.7. The van der Waals surface area contributed by atoms with Crippen LogP contribution in [0.25, 0.3) is 0 Å². The molecule has 2 aromatic carbocycles. The summed E-state index contributed by atoms with van der Waals surface area (Å²) < 4.78 is 46.3. The van der Waals surface area contributed by atoms with Crippen molar-refractivity contribution >= 4 is 0 Å². The second-order valence-electron chi connectivity index (χ2n) is 10.0. The Labute approximate surface area is 217 Å². The summed E-state index contributed by atoms with van der Waals surface area (Å²) in [5.41, 5.74) is 1.63. The molecule has 38 heavy (non-hydrogen) atoms. The van der Waals surface area contributed by atoms with Crippen LogP contribution in [-0.2, 0) is 14.2 Å². The van der Waals surface area contributed by atoms with Crippen molar-refractivity contribution in [2.75, 3.05) is 33.4 Å². The third-order valence-electron chi connectivity index (χ3n) is 7.89. The van der Waals surface area contributed by atoms with Gasteiger partial charge in [0.05, 0.1) is 32.0 Å². The Morgan fingerprint density at radius 2 is 1.39 bits per heavy atom. The summed E-state index contributed by atoms with van der Waals surface area (Å²) in [5, 5.41) is 40.5. The van der Waals surface area contributed by atoms with Crippen LogP contribution in [0.2, 0.25) is 0 Å². The monoisotopic (exact) mass is 532 g/mol. The molecule has 5 aliphatic rings. The Balaban J connectivity index is 1.17. The van der Waals surface area contributed by atoms with Gasteiger partial charge in [-0.15, -0.1) is 0 Å². The second-order valence-corrected chi connectivity index (χ2v) is 10.0. The first-order valence-corrected chi connectivity index (χ1v) is 12.6. The smallest absolute Gasteiger partial charge is 0.231 e. The summed E-state index contributed by atoms with van der Waals surface area (Å²) in [6.45, 7) is 0.575. The van der Waals surface area contributed by atoms with Gasteiger partial charge in [-0.05, 0) is 23.8 Å². The number of aliphatic hydroxyl groups is 4. The second kappa shape index (κ2) is 9.42. The molecule has 3 fully saturated rings. The fourth-order valence-electron chi connectivity index (χ4n) is 5.86. The van der Waals surface area contributed by atoms with E-state index in [2.05, 4.69) is 0 Å². The van der Waals surface area contributed by atoms with Crippen molar-refractivity contribution in [1.29, 1.82) is 0 Å². The molecule has 5 heterocycles. The quantitative estimate of drug-likeness (QED) is 0.421. The molecule has 0 spiro atoms. The lowest BCUT2D eigenvalue weighted by Gasteiger charge is -2.40. The number of hydrogen-bond acceptors (Lipinski definition) is 12. The highest BCUT2D eigenvalue weighted by molar-refractivity contribution is 5.53. The SMILES string of the molecule is OCC1OC(Oc2cc3c(cc2[C@H]2OC[C@H]4[C@@H]2CO[C@@H]4c2ccc4c(c2)OCO4)OCO3)C(O)C(O)C1O. The van der Waals surface area contributed by atoms with Crippen LogP contribution in [0.15, 0.2) is 30.3 Å². The zero-order chi connectivity index (χ0) is 26.0. The highest BCUT2D eigenvalue weighted by Gasteiger charge is 2.50. The average Bonchev–Trinajstić information content (AvgIpc) is 3.72. The molecule has 9 atom stereocenters. The molecule has 12 heteroatoms. The topological polar surface area (TPSA) is 155 Å². The number of aliphatic hydroxyl groups excluding tert-OH is 4. The molecule has 0 radical (unpaired) electrons. The predicted octanol–water partition coefficient (Wildman–Crippen LogP) is 0.398. The molecule has 2 aromatic rings. The molecule has 0 amide bonds. The Morgan fingerprint density at radius 1 is 0.737 bits per heavy atom. The van der Waals surface area contributed by atoms with Gasteiger partial charge < -0.3 is 58.3 Å². The number of ether oxygens (including phenoxy) is 8. The standard InChI is InChI=1S/C26H28O12/c27-6-20-21(28)22(29)23(30)26(38-20)37-16-5-19-18(35-10-36-19)4-12(16)25-14-8-31-24(13(14)7-32-25)11-1-2-15-17(3-11)34-9-33-15/h1-5,13-14,20-30H,6-10H2/t13-,14-,20?,21?,22?,23?,24+,25+,26?/m0/s1. The number of fused-ring (bicyclic) bond motifs is 3. The van der Waals surface area contributed by atoms with Gasteiger partial charge in [0.15, 0.2) is 23.0 Å². The van der Waals surface area contributed by atoms with E-state index < -0.39 is 43.4 Å². The summed E-state index contributed by atoms with van der Waals surface area (Å²) >= 11 is 0. The normalized spacial score (nSPS) is 36.9. The summed E-state index contributed by atoms with van der Waals surface area (Å²) in [4.78, 5) is 0. The van der Waals surface area contributed by atoms with Crippen molar-refractivity contribution in [3.05, 3.63) is 41.5 Å². The van der Waals surface area contributed by atoms with E-state index in [0.717, 1.165) is 5.56 Å². The van der Waals surface area contributed by atoms with E-state index in [1.165, 1.54) is 0 Å². The van der Waals surface area contributed by atoms with E-state index in [1.807, 2.05) is 18.2 Å². The molecule has 204 valence electrons. The van der Waals surface area contributed by atoms with Crippen LogP contribution in [0.1, 0.15) is 23.3 Å². The Hall–Kier alpha value is -2.84. The summed E-state index contributed by atoms with van der Waals surface area (Å²) in [6.07, 6.45) is -7.70. The van der Waals surface area contributed by atoms with Crippen molar-refractivity contribution in [2.24, 2.45) is 11.8 Å². The van der Waals surface area contributed by atoms with Crippen molar-refractivity contribution in [2.45, 2.75) is 42.9 Å². The Kier molecular flexibility index (Phi) is 6.00. The zero-order valence-electron chi connectivity index (χ0n) is 20.2. The molecular formula is C26H28O12. The van der Waals surface area contributed by atoms with Crippen molar-refractivity contribution in [3.8, 4) is 28.7 Å². The van der Waals surface area contributed by atoms with Crippen LogP contribution < -0.4 is 23.7 Å². The Morgan fingerprint density at radius 3 is 2.16 bits per heavy atom. The van der Waals surface area contributed by atoms with Crippen LogP contribution in [0, 0.1) is 11.8 Å². The van der Waals surface area contributed by atoms with E-state index in [4.69, 9.17) is 37.9 Å². The van der Waals surface area contributed by atoms with E-state index in [9.17, 15) is 20.4 Å². The lowest BCUT2D eigenvalue weighted by molar-refractivity contribution is -0.277. The van der Waals surface area contributed by atoms with Gasteiger partial charge in [0.2, 0.25) is 19.9 Å². The van der Waals surface area contributed by atoms with Crippen LogP contribution in [0.3, 0.4) is 0 Å². The lowest BCUT2D eigenvalue weighted by atomic mass is 9.84. The number of rotatable bonds is 5. The maximum atomic E-state index is 10.5. The van der Waals surface area contributed by atoms with E-state index in [0.29, 0.717) is 47.5 Å². The molecule has 4 N–H and O–H groups in total. The predicted molar refractivity (Wildman–Crippen MR) is 124 cm³/mol. The van der Waals surface area contributed by atoms with Crippen LogP contribution in [-0.4, -0.2) is 84.5 Å². The fraction of sp³-hybridized carbons (Fsp3) is 0.538. The first kappa shape index (κ1) is 24.2. The van der Waals surface area contributed by atoms with Crippen LogP contribution >= 0.6 is 0 Å². The fourth-order valence-corrected chi connectivity index (χ4v) is 5.86. The van der Waals surface area contributed by atoms with Crippen molar-refractivity contribution in [1.82, 2.24) is 0 Å². The minimum atomic E-state index is -1.57. The van der Waals surface area contributed by atoms with Gasteiger partial charge in [0.1, 0.15) is 30.2 Å². The van der Waals surface area contributed by atoms with Crippen LogP contribution in [0.5, 0.6) is 28.7 Å². The average molecular weight is 532 g/mol. The number of hydrogen-bond donors (Lipinski definition) is 4. The van der Waals surface area contributed by atoms with Crippen molar-refractivity contribution < 1.29 is 58.3 Å². The largest absolute Gasteiger partial charge is 0.461 e. The van der Waals surface area contributed by atoms with Gasteiger partial charge in [-0.25, -0.2) is 0 Å². The molecule has 0 saturated carbocycles. The number of benzene rings is 2. The van der Waals surface area contributed by atoms with Gasteiger partial charge in [0, 0.05) is 23.5 Å². The molecule has 12 nitrogen and oxygen atoms in total. The maximum Gasteiger partial charge on any atom is 0.231 e. The first-order chi connectivity index (χ1) is 18.5. The van der Waals surface area contributed by atoms with Gasteiger partial charge in [-0.3, -0.25) is 0 Å². The van der Waals surface area contributed by atoms with Crippen LogP contribution in [0.4, 0.5) is 0 Å². The first-order valence-electron chi connectivity index (χ1n) is 12.6. The molecule has 5 aliphatic heterocycles. The lowest BCUT2D eigenvalue weighted by Crippen LogP contribution is -2.60. The Bertz CT molecular complexity index is 1200. The molecule has 0 bridgehead atoms. The summed E-state index contributed by atoms with van der Waals surface area (Å²) in [5.74, 6) is 2.73. The maximum absolute atomic E-state index is 10.5. The highest BCUT2D eigenvalue weighted by Crippen LogP contribution is 2.54. The third-order valence-corrected chi connectivity index (χ3v) is 7.89. The molecule has 7 rings (SSSR count). The minimum absolute atomic E-state index is 0.0112. The van der Waals surface area contributed by atoms with E-state index in [-0.39, 0.29) is 31.5 Å². The minimum Gasteiger partial charge on any atom is -0.461 e.